The van der Waals surface area contributed by atoms with Gasteiger partial charge in [-0.3, -0.25) is 4.79 Å². The molecule has 0 aliphatic rings. The molecule has 0 bridgehead atoms. The minimum Gasteiger partial charge on any atom is -0.494 e. The van der Waals surface area contributed by atoms with Crippen molar-refractivity contribution in [2.24, 2.45) is 0 Å². The second kappa shape index (κ2) is 4.07. The number of hydrogen-bond acceptors (Lipinski definition) is 2. The number of rotatable bonds is 3. The minimum absolute atomic E-state index is 0.0680. The molecule has 0 N–H and O–H groups in total. The van der Waals surface area contributed by atoms with E-state index in [9.17, 15) is 9.18 Å². The molecule has 0 amide bonds. The molecule has 0 unspecified atom stereocenters. The number of carbonyl (C=O) groups is 1. The van der Waals surface area contributed by atoms with Crippen molar-refractivity contribution in [2.75, 3.05) is 7.11 Å². The summed E-state index contributed by atoms with van der Waals surface area (Å²) in [6.45, 7) is 0. The fourth-order valence-electron chi connectivity index (χ4n) is 1.04. The van der Waals surface area contributed by atoms with Gasteiger partial charge in [0.2, 0.25) is 0 Å². The topological polar surface area (TPSA) is 26.3 Å². The zero-order valence-corrected chi connectivity index (χ0v) is 7.63. The van der Waals surface area contributed by atoms with Crippen LogP contribution in [0.1, 0.15) is 10.4 Å². The lowest BCUT2D eigenvalue weighted by Gasteiger charge is -2.02. The van der Waals surface area contributed by atoms with Crippen molar-refractivity contribution in [3.63, 3.8) is 0 Å². The molecule has 0 radical (unpaired) electrons. The van der Waals surface area contributed by atoms with E-state index in [1.807, 2.05) is 0 Å². The van der Waals surface area contributed by atoms with Gasteiger partial charge in [0.1, 0.15) is 7.85 Å². The standard InChI is InChI=1S/C9H10BFO2/c1-13-9-3-2-6(4-7(9)11)8(12)5-10/h2-4H,5,10H2,1H3. The minimum atomic E-state index is -0.498. The maximum atomic E-state index is 13.1. The van der Waals surface area contributed by atoms with E-state index in [4.69, 9.17) is 4.74 Å². The molecule has 0 atom stereocenters. The maximum absolute atomic E-state index is 13.1. The van der Waals surface area contributed by atoms with Crippen LogP contribution in [-0.4, -0.2) is 20.7 Å². The summed E-state index contributed by atoms with van der Waals surface area (Å²) in [5, 5.41) is 0. The molecule has 68 valence electrons. The summed E-state index contributed by atoms with van der Waals surface area (Å²) in [4.78, 5) is 11.2. The molecular formula is C9H10BFO2. The van der Waals surface area contributed by atoms with E-state index in [2.05, 4.69) is 0 Å². The average Bonchev–Trinajstić information content (AvgIpc) is 2.16. The van der Waals surface area contributed by atoms with Crippen LogP contribution in [-0.2, 0) is 0 Å². The highest BCUT2D eigenvalue weighted by atomic mass is 19.1. The van der Waals surface area contributed by atoms with Gasteiger partial charge in [0.15, 0.2) is 17.3 Å². The monoisotopic (exact) mass is 180 g/mol. The zero-order valence-electron chi connectivity index (χ0n) is 7.63. The third kappa shape index (κ3) is 2.08. The first-order valence-corrected chi connectivity index (χ1v) is 4.05. The molecule has 2 nitrogen and oxygen atoms in total. The van der Waals surface area contributed by atoms with Crippen LogP contribution in [0.25, 0.3) is 0 Å². The normalized spacial score (nSPS) is 9.69. The van der Waals surface area contributed by atoms with E-state index in [0.717, 1.165) is 0 Å². The molecule has 0 aliphatic carbocycles. The zero-order chi connectivity index (χ0) is 9.84. The van der Waals surface area contributed by atoms with Crippen LogP contribution in [0, 0.1) is 5.82 Å². The van der Waals surface area contributed by atoms with Crippen molar-refractivity contribution in [3.8, 4) is 5.75 Å². The fourth-order valence-corrected chi connectivity index (χ4v) is 1.04. The molecule has 0 spiro atoms. The SMILES string of the molecule is BCC(=O)c1ccc(OC)c(F)c1. The summed E-state index contributed by atoms with van der Waals surface area (Å²) in [6, 6.07) is 4.22. The maximum Gasteiger partial charge on any atom is 0.165 e. The largest absolute Gasteiger partial charge is 0.494 e. The average molecular weight is 180 g/mol. The summed E-state index contributed by atoms with van der Waals surface area (Å²) < 4.78 is 17.8. The van der Waals surface area contributed by atoms with Crippen molar-refractivity contribution < 1.29 is 13.9 Å². The summed E-state index contributed by atoms with van der Waals surface area (Å²) in [5.74, 6) is -0.406. The van der Waals surface area contributed by atoms with Gasteiger partial charge in [0.05, 0.1) is 7.11 Å². The first-order chi connectivity index (χ1) is 6.19. The Kier molecular flexibility index (Phi) is 3.06. The molecule has 13 heavy (non-hydrogen) atoms. The predicted octanol–water partition coefficient (Wildman–Crippen LogP) is 1.07. The molecule has 0 fully saturated rings. The van der Waals surface area contributed by atoms with Crippen LogP contribution < -0.4 is 4.74 Å². The molecular weight excluding hydrogens is 170 g/mol. The summed E-state index contributed by atoms with van der Waals surface area (Å²) in [5.41, 5.74) is 0.390. The Bertz CT molecular complexity index is 325. The van der Waals surface area contributed by atoms with Gasteiger partial charge in [-0.05, 0) is 24.5 Å². The molecule has 1 rings (SSSR count). The Balaban J connectivity index is 3.02. The number of ether oxygens (including phenoxy) is 1. The van der Waals surface area contributed by atoms with Gasteiger partial charge in [-0.15, -0.1) is 0 Å². The lowest BCUT2D eigenvalue weighted by Crippen LogP contribution is -1.99. The Morgan fingerprint density at radius 1 is 1.62 bits per heavy atom. The Labute approximate surface area is 77.1 Å². The third-order valence-electron chi connectivity index (χ3n) is 1.79. The number of Topliss-reactive ketones (excluding diaryl/α,β-unsaturated/α-hetero) is 1. The third-order valence-corrected chi connectivity index (χ3v) is 1.79. The van der Waals surface area contributed by atoms with E-state index in [-0.39, 0.29) is 11.5 Å². The van der Waals surface area contributed by atoms with Crippen LogP contribution >= 0.6 is 0 Å². The number of methoxy groups -OCH3 is 1. The number of halogens is 1. The lowest BCUT2D eigenvalue weighted by molar-refractivity contribution is 0.101. The second-order valence-corrected chi connectivity index (χ2v) is 2.63. The Morgan fingerprint density at radius 3 is 2.77 bits per heavy atom. The van der Waals surface area contributed by atoms with E-state index >= 15 is 0 Å². The Hall–Kier alpha value is -1.32. The number of carbonyl (C=O) groups excluding carboxylic acids is 1. The molecule has 0 heterocycles. The quantitative estimate of drug-likeness (QED) is 0.513. The van der Waals surface area contributed by atoms with E-state index in [0.29, 0.717) is 11.9 Å². The smallest absolute Gasteiger partial charge is 0.165 e. The summed E-state index contributed by atoms with van der Waals surface area (Å²) in [6.07, 6.45) is 0.381. The highest BCUT2D eigenvalue weighted by Crippen LogP contribution is 2.18. The predicted molar refractivity (Wildman–Crippen MR) is 50.6 cm³/mol. The highest BCUT2D eigenvalue weighted by Gasteiger charge is 2.07. The highest BCUT2D eigenvalue weighted by molar-refractivity contribution is 6.23. The van der Waals surface area contributed by atoms with E-state index < -0.39 is 5.82 Å². The molecule has 4 heteroatoms. The first kappa shape index (κ1) is 9.77. The van der Waals surface area contributed by atoms with Gasteiger partial charge in [0, 0.05) is 5.56 Å². The van der Waals surface area contributed by atoms with Crippen LogP contribution in [0.3, 0.4) is 0 Å². The van der Waals surface area contributed by atoms with Gasteiger partial charge < -0.3 is 4.74 Å². The molecule has 1 aromatic rings. The fraction of sp³-hybridized carbons (Fsp3) is 0.222. The van der Waals surface area contributed by atoms with Gasteiger partial charge >= 0.3 is 0 Å². The first-order valence-electron chi connectivity index (χ1n) is 4.05. The molecule has 0 aliphatic heterocycles. The van der Waals surface area contributed by atoms with Crippen molar-refractivity contribution in [1.29, 1.82) is 0 Å². The number of ketones is 1. The van der Waals surface area contributed by atoms with Gasteiger partial charge in [-0.2, -0.15) is 0 Å². The van der Waals surface area contributed by atoms with Gasteiger partial charge in [-0.25, -0.2) is 4.39 Å². The number of benzene rings is 1. The van der Waals surface area contributed by atoms with Gasteiger partial charge in [0.25, 0.3) is 0 Å². The van der Waals surface area contributed by atoms with Crippen molar-refractivity contribution >= 4 is 13.6 Å². The summed E-state index contributed by atoms with van der Waals surface area (Å²) in [7, 11) is 3.13. The van der Waals surface area contributed by atoms with E-state index in [1.165, 1.54) is 19.2 Å². The van der Waals surface area contributed by atoms with Gasteiger partial charge in [-0.1, -0.05) is 0 Å². The van der Waals surface area contributed by atoms with Crippen LogP contribution in [0.15, 0.2) is 18.2 Å². The van der Waals surface area contributed by atoms with Crippen molar-refractivity contribution in [2.45, 2.75) is 6.32 Å². The number of hydrogen-bond donors (Lipinski definition) is 0. The van der Waals surface area contributed by atoms with Crippen LogP contribution in [0.2, 0.25) is 6.32 Å². The summed E-state index contributed by atoms with van der Waals surface area (Å²) >= 11 is 0. The van der Waals surface area contributed by atoms with Crippen molar-refractivity contribution in [3.05, 3.63) is 29.6 Å². The molecule has 0 saturated heterocycles. The molecule has 1 aromatic carbocycles. The molecule has 0 saturated carbocycles. The van der Waals surface area contributed by atoms with Crippen LogP contribution in [0.5, 0.6) is 5.75 Å². The van der Waals surface area contributed by atoms with E-state index in [1.54, 1.807) is 13.9 Å². The van der Waals surface area contributed by atoms with Crippen LogP contribution in [0.4, 0.5) is 4.39 Å². The Morgan fingerprint density at radius 2 is 2.31 bits per heavy atom. The molecule has 0 aromatic heterocycles. The van der Waals surface area contributed by atoms with Crippen molar-refractivity contribution in [1.82, 2.24) is 0 Å². The second-order valence-electron chi connectivity index (χ2n) is 2.63. The lowest BCUT2D eigenvalue weighted by atomic mass is 9.96.